The Balaban J connectivity index is 2.03. The van der Waals surface area contributed by atoms with Gasteiger partial charge in [0.15, 0.2) is 0 Å². The molecule has 16 heavy (non-hydrogen) atoms. The van der Waals surface area contributed by atoms with Gasteiger partial charge in [-0.2, -0.15) is 0 Å². The predicted octanol–water partition coefficient (Wildman–Crippen LogP) is 3.01. The third-order valence-electron chi connectivity index (χ3n) is 2.10. The van der Waals surface area contributed by atoms with Gasteiger partial charge in [0.05, 0.1) is 6.20 Å². The Morgan fingerprint density at radius 1 is 1.31 bits per heavy atom. The first-order valence-electron chi connectivity index (χ1n) is 4.82. The van der Waals surface area contributed by atoms with E-state index in [1.807, 2.05) is 30.3 Å². The largest absolute Gasteiger partial charge is 0.487 e. The molecule has 1 aromatic carbocycles. The fourth-order valence-corrected chi connectivity index (χ4v) is 1.53. The van der Waals surface area contributed by atoms with Gasteiger partial charge >= 0.3 is 0 Å². The smallest absolute Gasteiger partial charge is 0.138 e. The quantitative estimate of drug-likeness (QED) is 0.878. The molecule has 82 valence electrons. The van der Waals surface area contributed by atoms with Crippen molar-refractivity contribution in [2.24, 2.45) is 0 Å². The van der Waals surface area contributed by atoms with Gasteiger partial charge in [-0.3, -0.25) is 4.98 Å². The van der Waals surface area contributed by atoms with Gasteiger partial charge in [-0.25, -0.2) is 0 Å². The van der Waals surface area contributed by atoms with E-state index in [0.29, 0.717) is 12.3 Å². The van der Waals surface area contributed by atoms with E-state index in [4.69, 9.17) is 10.5 Å². The Kier molecular flexibility index (Phi) is 3.41. The Labute approximate surface area is 102 Å². The highest BCUT2D eigenvalue weighted by Crippen LogP contribution is 2.21. The first-order chi connectivity index (χ1) is 7.75. The molecule has 2 rings (SSSR count). The normalized spacial score (nSPS) is 10.1. The van der Waals surface area contributed by atoms with Crippen LogP contribution in [0.4, 0.5) is 5.69 Å². The van der Waals surface area contributed by atoms with Crippen molar-refractivity contribution in [3.05, 3.63) is 52.8 Å². The molecule has 0 atom stereocenters. The summed E-state index contributed by atoms with van der Waals surface area (Å²) in [6.07, 6.45) is 3.40. The van der Waals surface area contributed by atoms with Crippen molar-refractivity contribution in [3.8, 4) is 5.75 Å². The van der Waals surface area contributed by atoms with E-state index >= 15 is 0 Å². The second kappa shape index (κ2) is 4.99. The van der Waals surface area contributed by atoms with Gasteiger partial charge in [-0.05, 0) is 45.8 Å². The molecule has 0 saturated heterocycles. The maximum Gasteiger partial charge on any atom is 0.138 e. The highest BCUT2D eigenvalue weighted by molar-refractivity contribution is 9.10. The SMILES string of the molecule is Nc1cc(COc2cccnc2)ccc1Br. The van der Waals surface area contributed by atoms with Crippen LogP contribution in [-0.4, -0.2) is 4.98 Å². The van der Waals surface area contributed by atoms with Crippen molar-refractivity contribution in [3.63, 3.8) is 0 Å². The molecule has 0 aliphatic rings. The number of hydrogen-bond donors (Lipinski definition) is 1. The second-order valence-electron chi connectivity index (χ2n) is 3.33. The molecular weight excluding hydrogens is 268 g/mol. The topological polar surface area (TPSA) is 48.1 Å². The number of nitrogen functional groups attached to an aromatic ring is 1. The summed E-state index contributed by atoms with van der Waals surface area (Å²) in [6, 6.07) is 9.48. The number of anilines is 1. The van der Waals surface area contributed by atoms with Gasteiger partial charge in [0, 0.05) is 16.4 Å². The van der Waals surface area contributed by atoms with Crippen molar-refractivity contribution < 1.29 is 4.74 Å². The van der Waals surface area contributed by atoms with Crippen LogP contribution in [-0.2, 0) is 6.61 Å². The first kappa shape index (κ1) is 11.0. The number of nitrogens with two attached hydrogens (primary N) is 1. The monoisotopic (exact) mass is 278 g/mol. The number of nitrogens with zero attached hydrogens (tertiary/aromatic N) is 1. The zero-order chi connectivity index (χ0) is 11.4. The van der Waals surface area contributed by atoms with E-state index < -0.39 is 0 Å². The van der Waals surface area contributed by atoms with Crippen LogP contribution < -0.4 is 10.5 Å². The summed E-state index contributed by atoms with van der Waals surface area (Å²) >= 11 is 3.35. The summed E-state index contributed by atoms with van der Waals surface area (Å²) in [5.41, 5.74) is 7.52. The van der Waals surface area contributed by atoms with Gasteiger partial charge in [-0.1, -0.05) is 6.07 Å². The molecule has 0 radical (unpaired) electrons. The molecule has 0 saturated carbocycles. The van der Waals surface area contributed by atoms with E-state index in [0.717, 1.165) is 15.8 Å². The number of aromatic nitrogens is 1. The van der Waals surface area contributed by atoms with Gasteiger partial charge in [0.1, 0.15) is 12.4 Å². The average Bonchev–Trinajstić information content (AvgIpc) is 2.32. The Bertz CT molecular complexity index is 474. The number of benzene rings is 1. The number of rotatable bonds is 3. The van der Waals surface area contributed by atoms with Gasteiger partial charge in [-0.15, -0.1) is 0 Å². The Morgan fingerprint density at radius 2 is 2.19 bits per heavy atom. The zero-order valence-corrected chi connectivity index (χ0v) is 10.1. The Hall–Kier alpha value is -1.55. The molecule has 3 nitrogen and oxygen atoms in total. The molecular formula is C12H11BrN2O. The van der Waals surface area contributed by atoms with Crippen LogP contribution in [0.2, 0.25) is 0 Å². The molecule has 0 amide bonds. The molecule has 4 heteroatoms. The van der Waals surface area contributed by atoms with Crippen LogP contribution in [0.15, 0.2) is 47.2 Å². The molecule has 2 aromatic rings. The van der Waals surface area contributed by atoms with Crippen LogP contribution in [0.5, 0.6) is 5.75 Å². The van der Waals surface area contributed by atoms with Crippen molar-refractivity contribution in [2.45, 2.75) is 6.61 Å². The Morgan fingerprint density at radius 3 is 2.88 bits per heavy atom. The summed E-state index contributed by atoms with van der Waals surface area (Å²) < 4.78 is 6.45. The van der Waals surface area contributed by atoms with E-state index in [1.54, 1.807) is 12.4 Å². The molecule has 0 spiro atoms. The molecule has 0 bridgehead atoms. The highest BCUT2D eigenvalue weighted by atomic mass is 79.9. The summed E-state index contributed by atoms with van der Waals surface area (Å²) in [7, 11) is 0. The number of hydrogen-bond acceptors (Lipinski definition) is 3. The fourth-order valence-electron chi connectivity index (χ4n) is 1.28. The fraction of sp³-hybridized carbons (Fsp3) is 0.0833. The molecule has 0 aliphatic carbocycles. The predicted molar refractivity (Wildman–Crippen MR) is 67.1 cm³/mol. The van der Waals surface area contributed by atoms with Gasteiger partial charge < -0.3 is 10.5 Å². The second-order valence-corrected chi connectivity index (χ2v) is 4.19. The van der Waals surface area contributed by atoms with E-state index in [-0.39, 0.29) is 0 Å². The maximum absolute atomic E-state index is 5.77. The number of pyridine rings is 1. The van der Waals surface area contributed by atoms with Crippen LogP contribution in [0.3, 0.4) is 0 Å². The summed E-state index contributed by atoms with van der Waals surface area (Å²) in [6.45, 7) is 0.489. The van der Waals surface area contributed by atoms with Crippen molar-refractivity contribution in [1.29, 1.82) is 0 Å². The number of halogens is 1. The number of ether oxygens (including phenoxy) is 1. The van der Waals surface area contributed by atoms with Crippen molar-refractivity contribution in [1.82, 2.24) is 4.98 Å². The zero-order valence-electron chi connectivity index (χ0n) is 8.56. The molecule has 0 unspecified atom stereocenters. The van der Waals surface area contributed by atoms with E-state index in [1.165, 1.54) is 0 Å². The lowest BCUT2D eigenvalue weighted by molar-refractivity contribution is 0.305. The van der Waals surface area contributed by atoms with Gasteiger partial charge in [0.25, 0.3) is 0 Å². The highest BCUT2D eigenvalue weighted by Gasteiger charge is 1.99. The molecule has 1 aromatic heterocycles. The van der Waals surface area contributed by atoms with Crippen LogP contribution in [0.1, 0.15) is 5.56 Å². The minimum atomic E-state index is 0.489. The van der Waals surface area contributed by atoms with Crippen LogP contribution in [0.25, 0.3) is 0 Å². The summed E-state index contributed by atoms with van der Waals surface area (Å²) in [5.74, 6) is 0.754. The van der Waals surface area contributed by atoms with Gasteiger partial charge in [0.2, 0.25) is 0 Å². The minimum absolute atomic E-state index is 0.489. The lowest BCUT2D eigenvalue weighted by Gasteiger charge is -2.06. The van der Waals surface area contributed by atoms with Crippen LogP contribution in [0, 0.1) is 0 Å². The first-order valence-corrected chi connectivity index (χ1v) is 5.62. The molecule has 0 fully saturated rings. The lowest BCUT2D eigenvalue weighted by Crippen LogP contribution is -1.97. The van der Waals surface area contributed by atoms with E-state index in [2.05, 4.69) is 20.9 Å². The summed E-state index contributed by atoms with van der Waals surface area (Å²) in [4.78, 5) is 3.97. The summed E-state index contributed by atoms with van der Waals surface area (Å²) in [5, 5.41) is 0. The average molecular weight is 279 g/mol. The lowest BCUT2D eigenvalue weighted by atomic mass is 10.2. The van der Waals surface area contributed by atoms with Crippen molar-refractivity contribution >= 4 is 21.6 Å². The molecule has 1 heterocycles. The van der Waals surface area contributed by atoms with Crippen molar-refractivity contribution in [2.75, 3.05) is 5.73 Å². The van der Waals surface area contributed by atoms with E-state index in [9.17, 15) is 0 Å². The van der Waals surface area contributed by atoms with Crippen LogP contribution >= 0.6 is 15.9 Å². The molecule has 2 N–H and O–H groups in total. The maximum atomic E-state index is 5.77. The standard InChI is InChI=1S/C12H11BrN2O/c13-11-4-3-9(6-12(11)14)8-16-10-2-1-5-15-7-10/h1-7H,8,14H2. The minimum Gasteiger partial charge on any atom is -0.487 e. The third-order valence-corrected chi connectivity index (χ3v) is 2.82. The molecule has 0 aliphatic heterocycles. The third kappa shape index (κ3) is 2.73.